The van der Waals surface area contributed by atoms with Crippen LogP contribution in [0.25, 0.3) is 11.0 Å². The number of likely N-dealkylation sites (tertiary alicyclic amines) is 1. The molecule has 1 fully saturated rings. The highest BCUT2D eigenvalue weighted by molar-refractivity contribution is 5.74. The maximum atomic E-state index is 8.67. The monoisotopic (exact) mass is 289 g/mol. The van der Waals surface area contributed by atoms with Gasteiger partial charge in [-0.05, 0) is 38.1 Å². The van der Waals surface area contributed by atoms with Gasteiger partial charge in [-0.2, -0.15) is 0 Å². The number of para-hydroxylation sites is 2. The third-order valence-corrected chi connectivity index (χ3v) is 4.17. The third-order valence-electron chi connectivity index (χ3n) is 4.17. The van der Waals surface area contributed by atoms with E-state index in [1.165, 1.54) is 0 Å². The minimum Gasteiger partial charge on any atom is -0.394 e. The van der Waals surface area contributed by atoms with Crippen LogP contribution in [0.3, 0.4) is 0 Å². The number of rotatable bonds is 6. The number of nitrogens with one attached hydrogen (secondary N) is 1. The summed E-state index contributed by atoms with van der Waals surface area (Å²) < 4.78 is 5.33. The Bertz CT molecular complexity index is 528. The minimum absolute atomic E-state index is 0.105. The Labute approximate surface area is 124 Å². The van der Waals surface area contributed by atoms with Crippen molar-refractivity contribution in [2.75, 3.05) is 39.5 Å². The molecule has 0 radical (unpaired) electrons. The van der Waals surface area contributed by atoms with E-state index < -0.39 is 0 Å². The summed E-state index contributed by atoms with van der Waals surface area (Å²) in [4.78, 5) is 10.6. The molecule has 1 aromatic heterocycles. The number of hydrogen-bond donors (Lipinski definition) is 2. The summed E-state index contributed by atoms with van der Waals surface area (Å²) in [5.41, 5.74) is 2.19. The largest absolute Gasteiger partial charge is 0.394 e. The van der Waals surface area contributed by atoms with E-state index in [1.54, 1.807) is 0 Å². The van der Waals surface area contributed by atoms with Crippen LogP contribution < -0.4 is 0 Å². The number of H-pyrrole nitrogens is 1. The Morgan fingerprint density at radius 3 is 2.81 bits per heavy atom. The lowest BCUT2D eigenvalue weighted by atomic mass is 9.96. The number of imidazole rings is 1. The van der Waals surface area contributed by atoms with Gasteiger partial charge >= 0.3 is 0 Å². The van der Waals surface area contributed by atoms with Crippen LogP contribution in [-0.4, -0.2) is 59.4 Å². The number of aromatic amines is 1. The molecule has 0 unspecified atom stereocenters. The summed E-state index contributed by atoms with van der Waals surface area (Å²) in [6.45, 7) is 4.38. The van der Waals surface area contributed by atoms with Crippen LogP contribution in [0.15, 0.2) is 24.3 Å². The molecule has 2 heterocycles. The summed E-state index contributed by atoms with van der Waals surface area (Å²) >= 11 is 0. The molecule has 0 bridgehead atoms. The van der Waals surface area contributed by atoms with Crippen molar-refractivity contribution in [3.8, 4) is 0 Å². The summed E-state index contributed by atoms with van der Waals surface area (Å²) in [6.07, 6.45) is 2.28. The molecular formula is C16H23N3O2. The van der Waals surface area contributed by atoms with Crippen molar-refractivity contribution >= 4 is 11.0 Å². The predicted molar refractivity (Wildman–Crippen MR) is 82.4 cm³/mol. The first-order valence-corrected chi connectivity index (χ1v) is 7.72. The van der Waals surface area contributed by atoms with Gasteiger partial charge in [0, 0.05) is 12.5 Å². The lowest BCUT2D eigenvalue weighted by Crippen LogP contribution is -2.35. The Kier molecular flexibility index (Phi) is 4.85. The molecule has 5 heteroatoms. The lowest BCUT2D eigenvalue weighted by Gasteiger charge is -2.30. The van der Waals surface area contributed by atoms with Crippen LogP contribution in [0.5, 0.6) is 0 Å². The van der Waals surface area contributed by atoms with Gasteiger partial charge < -0.3 is 19.7 Å². The molecule has 1 aliphatic heterocycles. The molecule has 0 aliphatic carbocycles. The molecule has 21 heavy (non-hydrogen) atoms. The number of aliphatic hydroxyl groups is 1. The van der Waals surface area contributed by atoms with Gasteiger partial charge in [-0.3, -0.25) is 0 Å². The molecular weight excluding hydrogens is 266 g/mol. The maximum absolute atomic E-state index is 8.67. The number of aromatic nitrogens is 2. The highest BCUT2D eigenvalue weighted by Crippen LogP contribution is 2.27. The molecule has 0 atom stereocenters. The molecule has 1 saturated heterocycles. The molecule has 1 aromatic carbocycles. The van der Waals surface area contributed by atoms with Gasteiger partial charge in [0.05, 0.1) is 30.9 Å². The quantitative estimate of drug-likeness (QED) is 0.795. The zero-order chi connectivity index (χ0) is 14.5. The van der Waals surface area contributed by atoms with Crippen molar-refractivity contribution in [1.82, 2.24) is 14.9 Å². The second kappa shape index (κ2) is 7.02. The van der Waals surface area contributed by atoms with Gasteiger partial charge in [-0.1, -0.05) is 12.1 Å². The predicted octanol–water partition coefficient (Wildman–Crippen LogP) is 1.75. The average molecular weight is 289 g/mol. The smallest absolute Gasteiger partial charge is 0.110 e. The topological polar surface area (TPSA) is 61.4 Å². The van der Waals surface area contributed by atoms with E-state index in [0.717, 1.165) is 49.3 Å². The van der Waals surface area contributed by atoms with Crippen LogP contribution in [0, 0.1) is 0 Å². The van der Waals surface area contributed by atoms with Crippen molar-refractivity contribution in [3.63, 3.8) is 0 Å². The average Bonchev–Trinajstić information content (AvgIpc) is 2.96. The molecule has 3 rings (SSSR count). The standard InChI is InChI=1S/C16H23N3O2/c20-10-12-21-11-9-19-7-5-13(6-8-19)16-17-14-3-1-2-4-15(14)18-16/h1-4,13,20H,5-12H2,(H,17,18). The number of piperidine rings is 1. The fourth-order valence-electron chi connectivity index (χ4n) is 2.96. The third kappa shape index (κ3) is 3.61. The van der Waals surface area contributed by atoms with Crippen molar-refractivity contribution in [2.45, 2.75) is 18.8 Å². The SMILES string of the molecule is OCCOCCN1CCC(c2nc3ccccc3[nH]2)CC1. The zero-order valence-electron chi connectivity index (χ0n) is 12.3. The Morgan fingerprint density at radius 1 is 1.24 bits per heavy atom. The van der Waals surface area contributed by atoms with Crippen LogP contribution in [-0.2, 0) is 4.74 Å². The van der Waals surface area contributed by atoms with Gasteiger partial charge in [0.2, 0.25) is 0 Å². The Hall–Kier alpha value is -1.43. The van der Waals surface area contributed by atoms with Crippen molar-refractivity contribution < 1.29 is 9.84 Å². The number of fused-ring (bicyclic) bond motifs is 1. The van der Waals surface area contributed by atoms with E-state index in [0.29, 0.717) is 19.1 Å². The number of aliphatic hydroxyl groups excluding tert-OH is 1. The second-order valence-corrected chi connectivity index (χ2v) is 5.59. The Morgan fingerprint density at radius 2 is 2.05 bits per heavy atom. The first-order chi connectivity index (χ1) is 10.4. The highest BCUT2D eigenvalue weighted by Gasteiger charge is 2.22. The van der Waals surface area contributed by atoms with Crippen molar-refractivity contribution in [2.24, 2.45) is 0 Å². The first-order valence-electron chi connectivity index (χ1n) is 7.72. The fourth-order valence-corrected chi connectivity index (χ4v) is 2.96. The van der Waals surface area contributed by atoms with Crippen molar-refractivity contribution in [3.05, 3.63) is 30.1 Å². The van der Waals surface area contributed by atoms with Crippen LogP contribution in [0.2, 0.25) is 0 Å². The number of hydrogen-bond acceptors (Lipinski definition) is 4. The van der Waals surface area contributed by atoms with Gasteiger partial charge in [0.25, 0.3) is 0 Å². The number of ether oxygens (including phenoxy) is 1. The zero-order valence-corrected chi connectivity index (χ0v) is 12.3. The molecule has 2 aromatic rings. The summed E-state index contributed by atoms with van der Waals surface area (Å²) in [5.74, 6) is 1.67. The van der Waals surface area contributed by atoms with E-state index in [2.05, 4.69) is 22.0 Å². The molecule has 114 valence electrons. The molecule has 2 N–H and O–H groups in total. The van der Waals surface area contributed by atoms with Crippen LogP contribution in [0.1, 0.15) is 24.6 Å². The van der Waals surface area contributed by atoms with Crippen molar-refractivity contribution in [1.29, 1.82) is 0 Å². The van der Waals surface area contributed by atoms with E-state index in [4.69, 9.17) is 14.8 Å². The van der Waals surface area contributed by atoms with E-state index in [1.807, 2.05) is 12.1 Å². The van der Waals surface area contributed by atoms with Gasteiger partial charge in [-0.25, -0.2) is 4.98 Å². The molecule has 0 spiro atoms. The maximum Gasteiger partial charge on any atom is 0.110 e. The normalized spacial score (nSPS) is 17.6. The fraction of sp³-hybridized carbons (Fsp3) is 0.562. The first kappa shape index (κ1) is 14.5. The molecule has 5 nitrogen and oxygen atoms in total. The van der Waals surface area contributed by atoms with Crippen LogP contribution >= 0.6 is 0 Å². The molecule has 0 amide bonds. The molecule has 0 saturated carbocycles. The summed E-state index contributed by atoms with van der Waals surface area (Å²) in [7, 11) is 0. The van der Waals surface area contributed by atoms with E-state index in [-0.39, 0.29) is 6.61 Å². The van der Waals surface area contributed by atoms with Gasteiger partial charge in [0.15, 0.2) is 0 Å². The van der Waals surface area contributed by atoms with E-state index in [9.17, 15) is 0 Å². The minimum atomic E-state index is 0.105. The number of nitrogens with zero attached hydrogens (tertiary/aromatic N) is 2. The van der Waals surface area contributed by atoms with E-state index >= 15 is 0 Å². The van der Waals surface area contributed by atoms with Gasteiger partial charge in [-0.15, -0.1) is 0 Å². The Balaban J connectivity index is 1.51. The number of benzene rings is 1. The lowest BCUT2D eigenvalue weighted by molar-refractivity contribution is 0.0677. The van der Waals surface area contributed by atoms with Crippen LogP contribution in [0.4, 0.5) is 0 Å². The highest BCUT2D eigenvalue weighted by atomic mass is 16.5. The summed E-state index contributed by atoms with van der Waals surface area (Å²) in [5, 5.41) is 8.67. The van der Waals surface area contributed by atoms with Gasteiger partial charge in [0.1, 0.15) is 5.82 Å². The summed E-state index contributed by atoms with van der Waals surface area (Å²) in [6, 6.07) is 8.21. The molecule has 1 aliphatic rings. The second-order valence-electron chi connectivity index (χ2n) is 5.59.